The van der Waals surface area contributed by atoms with Gasteiger partial charge in [-0.15, -0.1) is 11.3 Å². The van der Waals surface area contributed by atoms with E-state index in [1.165, 1.54) is 30.8 Å². The highest BCUT2D eigenvalue weighted by Crippen LogP contribution is 2.27. The van der Waals surface area contributed by atoms with Crippen molar-refractivity contribution in [2.75, 3.05) is 19.6 Å². The van der Waals surface area contributed by atoms with E-state index < -0.39 is 0 Å². The van der Waals surface area contributed by atoms with Gasteiger partial charge in [-0.25, -0.2) is 4.98 Å². The van der Waals surface area contributed by atoms with Crippen molar-refractivity contribution in [3.63, 3.8) is 0 Å². The molecule has 1 amide bonds. The van der Waals surface area contributed by atoms with Gasteiger partial charge in [0.2, 0.25) is 0 Å². The van der Waals surface area contributed by atoms with E-state index in [1.807, 2.05) is 0 Å². The standard InChI is InChI=1S/C11H14BrN3OS/c12-9-4-13-11(17-9)10(16)14-8-3-7-1-2-15(5-7)6-8/h4,7-8H,1-3,5-6H2,(H,14,16)/t7-,8+/m1/s1. The number of aromatic nitrogens is 1. The molecule has 0 aliphatic carbocycles. The minimum Gasteiger partial charge on any atom is -0.346 e. The summed E-state index contributed by atoms with van der Waals surface area (Å²) in [5, 5.41) is 3.64. The van der Waals surface area contributed by atoms with E-state index in [0.29, 0.717) is 11.0 Å². The van der Waals surface area contributed by atoms with Crippen LogP contribution in [0.5, 0.6) is 0 Å². The largest absolute Gasteiger partial charge is 0.346 e. The third-order valence-electron chi connectivity index (χ3n) is 3.47. The molecule has 1 unspecified atom stereocenters. The van der Waals surface area contributed by atoms with Gasteiger partial charge in [-0.3, -0.25) is 4.79 Å². The fraction of sp³-hybridized carbons (Fsp3) is 0.636. The quantitative estimate of drug-likeness (QED) is 0.904. The van der Waals surface area contributed by atoms with Crippen LogP contribution in [0.1, 0.15) is 22.6 Å². The van der Waals surface area contributed by atoms with E-state index in [-0.39, 0.29) is 5.91 Å². The Morgan fingerprint density at radius 3 is 3.18 bits per heavy atom. The lowest BCUT2D eigenvalue weighted by Gasteiger charge is -2.30. The molecule has 0 saturated carbocycles. The summed E-state index contributed by atoms with van der Waals surface area (Å²) >= 11 is 4.70. The minimum atomic E-state index is -0.0341. The van der Waals surface area contributed by atoms with Crippen LogP contribution in [0.15, 0.2) is 9.98 Å². The highest BCUT2D eigenvalue weighted by Gasteiger charge is 2.33. The van der Waals surface area contributed by atoms with Crippen molar-refractivity contribution in [2.45, 2.75) is 18.9 Å². The van der Waals surface area contributed by atoms with Crippen molar-refractivity contribution in [3.8, 4) is 0 Å². The Morgan fingerprint density at radius 1 is 1.59 bits per heavy atom. The summed E-state index contributed by atoms with van der Waals surface area (Å²) in [5.41, 5.74) is 0. The Morgan fingerprint density at radius 2 is 2.47 bits per heavy atom. The lowest BCUT2D eigenvalue weighted by Crippen LogP contribution is -2.46. The first kappa shape index (κ1) is 11.6. The zero-order valence-electron chi connectivity index (χ0n) is 9.36. The second-order valence-corrected chi connectivity index (χ2v) is 7.20. The summed E-state index contributed by atoms with van der Waals surface area (Å²) < 4.78 is 0.898. The summed E-state index contributed by atoms with van der Waals surface area (Å²) in [5.74, 6) is 0.741. The molecule has 2 bridgehead atoms. The van der Waals surface area contributed by atoms with Gasteiger partial charge in [0.1, 0.15) is 0 Å². The molecule has 2 fully saturated rings. The van der Waals surface area contributed by atoms with Gasteiger partial charge in [-0.2, -0.15) is 0 Å². The third-order valence-corrected chi connectivity index (χ3v) is 4.95. The fourth-order valence-corrected chi connectivity index (χ4v) is 3.88. The monoisotopic (exact) mass is 315 g/mol. The van der Waals surface area contributed by atoms with E-state index in [9.17, 15) is 4.79 Å². The first-order valence-electron chi connectivity index (χ1n) is 5.85. The van der Waals surface area contributed by atoms with Crippen molar-refractivity contribution >= 4 is 33.2 Å². The molecule has 4 nitrogen and oxygen atoms in total. The van der Waals surface area contributed by atoms with Gasteiger partial charge in [0.15, 0.2) is 5.01 Å². The van der Waals surface area contributed by atoms with Crippen molar-refractivity contribution in [2.24, 2.45) is 5.92 Å². The predicted octanol–water partition coefficient (Wildman–Crippen LogP) is 1.73. The highest BCUT2D eigenvalue weighted by atomic mass is 79.9. The number of piperidine rings is 1. The average Bonchev–Trinajstić information content (AvgIpc) is 2.85. The molecule has 2 aliphatic rings. The molecule has 3 rings (SSSR count). The fourth-order valence-electron chi connectivity index (χ4n) is 2.77. The molecule has 0 spiro atoms. The maximum absolute atomic E-state index is 12.0. The first-order chi connectivity index (χ1) is 8.20. The Balaban J connectivity index is 1.62. The summed E-state index contributed by atoms with van der Waals surface area (Å²) in [6, 6.07) is 0.298. The van der Waals surface area contributed by atoms with Gasteiger partial charge in [0, 0.05) is 19.1 Å². The van der Waals surface area contributed by atoms with Gasteiger partial charge in [-0.05, 0) is 41.2 Å². The van der Waals surface area contributed by atoms with Crippen molar-refractivity contribution in [3.05, 3.63) is 15.0 Å². The number of amides is 1. The molecule has 1 aromatic rings. The Labute approximate surface area is 113 Å². The molecule has 1 aromatic heterocycles. The SMILES string of the molecule is O=C(N[C@H]1C[C@H]2CCN(C2)C1)c1ncc(Br)s1. The van der Waals surface area contributed by atoms with Crippen LogP contribution in [-0.4, -0.2) is 41.5 Å². The Hall–Kier alpha value is -0.460. The van der Waals surface area contributed by atoms with Crippen molar-refractivity contribution in [1.29, 1.82) is 0 Å². The van der Waals surface area contributed by atoms with Crippen LogP contribution in [0, 0.1) is 5.92 Å². The van der Waals surface area contributed by atoms with Crippen LogP contribution in [-0.2, 0) is 0 Å². The molecule has 2 aliphatic heterocycles. The number of carbonyl (C=O) groups excluding carboxylic acids is 1. The second-order valence-electron chi connectivity index (χ2n) is 4.79. The van der Waals surface area contributed by atoms with E-state index in [1.54, 1.807) is 6.20 Å². The molecule has 17 heavy (non-hydrogen) atoms. The van der Waals surface area contributed by atoms with Gasteiger partial charge in [0.25, 0.3) is 5.91 Å². The molecular weight excluding hydrogens is 302 g/mol. The van der Waals surface area contributed by atoms with Gasteiger partial charge < -0.3 is 10.2 Å². The summed E-state index contributed by atoms with van der Waals surface area (Å²) in [6.07, 6.45) is 4.08. The minimum absolute atomic E-state index is 0.0341. The number of halogens is 1. The normalized spacial score (nSPS) is 31.5. The number of hydrogen-bond acceptors (Lipinski definition) is 4. The predicted molar refractivity (Wildman–Crippen MR) is 70.2 cm³/mol. The van der Waals surface area contributed by atoms with E-state index in [2.05, 4.69) is 31.1 Å². The molecule has 0 aromatic carbocycles. The summed E-state index contributed by atoms with van der Waals surface area (Å²) in [7, 11) is 0. The van der Waals surface area contributed by atoms with Gasteiger partial charge in [0.05, 0.1) is 9.98 Å². The number of thiazole rings is 1. The van der Waals surface area contributed by atoms with E-state index in [0.717, 1.165) is 22.7 Å². The summed E-state index contributed by atoms with van der Waals surface area (Å²) in [6.45, 7) is 3.41. The number of carbonyl (C=O) groups is 1. The lowest BCUT2D eigenvalue weighted by atomic mass is 9.97. The van der Waals surface area contributed by atoms with Crippen LogP contribution in [0.3, 0.4) is 0 Å². The molecule has 3 heterocycles. The van der Waals surface area contributed by atoms with Crippen LogP contribution < -0.4 is 5.32 Å². The van der Waals surface area contributed by atoms with E-state index >= 15 is 0 Å². The molecule has 0 radical (unpaired) electrons. The van der Waals surface area contributed by atoms with Gasteiger partial charge in [-0.1, -0.05) is 0 Å². The van der Waals surface area contributed by atoms with E-state index in [4.69, 9.17) is 0 Å². The number of fused-ring (bicyclic) bond motifs is 2. The lowest BCUT2D eigenvalue weighted by molar-refractivity contribution is 0.0909. The molecule has 3 atom stereocenters. The molecule has 92 valence electrons. The van der Waals surface area contributed by atoms with Crippen LogP contribution in [0.25, 0.3) is 0 Å². The Bertz CT molecular complexity index is 424. The molecule has 2 saturated heterocycles. The van der Waals surface area contributed by atoms with Crippen LogP contribution in [0.2, 0.25) is 0 Å². The zero-order chi connectivity index (χ0) is 11.8. The third kappa shape index (κ3) is 2.53. The molecule has 6 heteroatoms. The van der Waals surface area contributed by atoms with Crippen molar-refractivity contribution < 1.29 is 4.79 Å². The van der Waals surface area contributed by atoms with Crippen molar-refractivity contribution in [1.82, 2.24) is 15.2 Å². The summed E-state index contributed by atoms with van der Waals surface area (Å²) in [4.78, 5) is 18.5. The topological polar surface area (TPSA) is 45.2 Å². The molecule has 1 N–H and O–H groups in total. The number of rotatable bonds is 2. The highest BCUT2D eigenvalue weighted by molar-refractivity contribution is 9.11. The van der Waals surface area contributed by atoms with Crippen LogP contribution >= 0.6 is 27.3 Å². The number of hydrogen-bond donors (Lipinski definition) is 1. The van der Waals surface area contributed by atoms with Gasteiger partial charge >= 0.3 is 0 Å². The number of nitrogens with one attached hydrogen (secondary N) is 1. The smallest absolute Gasteiger partial charge is 0.280 e. The average molecular weight is 316 g/mol. The maximum atomic E-state index is 12.0. The van der Waals surface area contributed by atoms with Crippen LogP contribution in [0.4, 0.5) is 0 Å². The maximum Gasteiger partial charge on any atom is 0.280 e. The zero-order valence-corrected chi connectivity index (χ0v) is 11.8. The molecular formula is C11H14BrN3OS. The second kappa shape index (κ2) is 4.66. The first-order valence-corrected chi connectivity index (χ1v) is 7.46. The Kier molecular flexibility index (Phi) is 3.19. The number of nitrogens with zero attached hydrogens (tertiary/aromatic N) is 2.